The third-order valence-electron chi connectivity index (χ3n) is 2.73. The molecule has 6 nitrogen and oxygen atoms in total. The number of hydrogen-bond donors (Lipinski definition) is 2. The molecule has 1 aromatic carbocycles. The number of benzene rings is 1. The van der Waals surface area contributed by atoms with Crippen LogP contribution < -0.4 is 9.46 Å². The largest absolute Gasteiger partial charge is 0.497 e. The normalized spacial score (nSPS) is 13.2. The molecule has 0 aliphatic rings. The van der Waals surface area contributed by atoms with E-state index >= 15 is 0 Å². The van der Waals surface area contributed by atoms with E-state index in [4.69, 9.17) is 21.4 Å². The van der Waals surface area contributed by atoms with Gasteiger partial charge in [-0.15, -0.1) is 0 Å². The molecule has 0 bridgehead atoms. The maximum Gasteiger partial charge on any atom is 0.321 e. The predicted molar refractivity (Wildman–Crippen MR) is 79.2 cm³/mol. The molecule has 0 heterocycles. The van der Waals surface area contributed by atoms with Crippen LogP contribution in [-0.4, -0.2) is 32.6 Å². The van der Waals surface area contributed by atoms with Gasteiger partial charge in [-0.2, -0.15) is 4.72 Å². The molecule has 0 saturated carbocycles. The fourth-order valence-corrected chi connectivity index (χ4v) is 3.46. The molecule has 0 saturated heterocycles. The van der Waals surface area contributed by atoms with Crippen LogP contribution in [-0.2, 0) is 14.8 Å². The van der Waals surface area contributed by atoms with E-state index in [2.05, 4.69) is 4.72 Å². The highest BCUT2D eigenvalue weighted by Gasteiger charge is 2.27. The van der Waals surface area contributed by atoms with Gasteiger partial charge in [0, 0.05) is 6.07 Å². The summed E-state index contributed by atoms with van der Waals surface area (Å²) in [7, 11) is -2.66. The van der Waals surface area contributed by atoms with Gasteiger partial charge in [0.05, 0.1) is 12.1 Å². The maximum absolute atomic E-state index is 12.3. The van der Waals surface area contributed by atoms with Crippen molar-refractivity contribution in [2.75, 3.05) is 7.11 Å². The number of carboxylic acids is 1. The van der Waals surface area contributed by atoms with Gasteiger partial charge < -0.3 is 9.84 Å². The number of halogens is 1. The maximum atomic E-state index is 12.3. The summed E-state index contributed by atoms with van der Waals surface area (Å²) in [6.45, 7) is 3.62. The van der Waals surface area contributed by atoms with Crippen LogP contribution in [0.2, 0.25) is 5.02 Å². The lowest BCUT2D eigenvalue weighted by molar-refractivity contribution is -0.139. The van der Waals surface area contributed by atoms with Gasteiger partial charge in [0.2, 0.25) is 10.0 Å². The molecule has 0 aliphatic carbocycles. The van der Waals surface area contributed by atoms with Crippen molar-refractivity contribution in [3.05, 3.63) is 23.2 Å². The molecule has 1 atom stereocenters. The van der Waals surface area contributed by atoms with E-state index in [9.17, 15) is 13.2 Å². The Labute approximate surface area is 129 Å². The van der Waals surface area contributed by atoms with Crippen LogP contribution in [0.5, 0.6) is 5.75 Å². The molecule has 0 unspecified atom stereocenters. The Kier molecular flexibility index (Phi) is 6.00. The van der Waals surface area contributed by atoms with Crippen molar-refractivity contribution in [1.29, 1.82) is 0 Å². The van der Waals surface area contributed by atoms with Gasteiger partial charge in [0.15, 0.2) is 0 Å². The Morgan fingerprint density at radius 1 is 1.43 bits per heavy atom. The second-order valence-electron chi connectivity index (χ2n) is 4.94. The summed E-state index contributed by atoms with van der Waals surface area (Å²) in [5, 5.41) is 9.12. The van der Waals surface area contributed by atoms with Crippen molar-refractivity contribution in [3.8, 4) is 5.75 Å². The second kappa shape index (κ2) is 7.11. The van der Waals surface area contributed by atoms with Gasteiger partial charge >= 0.3 is 5.97 Å². The van der Waals surface area contributed by atoms with E-state index in [0.29, 0.717) is 5.75 Å². The fourth-order valence-electron chi connectivity index (χ4n) is 1.74. The summed E-state index contributed by atoms with van der Waals surface area (Å²) in [6.07, 6.45) is 0.177. The van der Waals surface area contributed by atoms with Crippen molar-refractivity contribution >= 4 is 27.6 Å². The zero-order chi connectivity index (χ0) is 16.2. The van der Waals surface area contributed by atoms with Crippen molar-refractivity contribution in [2.24, 2.45) is 5.92 Å². The number of hydrogen-bond acceptors (Lipinski definition) is 4. The number of nitrogens with one attached hydrogen (secondary N) is 1. The summed E-state index contributed by atoms with van der Waals surface area (Å²) >= 11 is 5.88. The summed E-state index contributed by atoms with van der Waals surface area (Å²) in [6, 6.07) is 2.94. The first-order valence-electron chi connectivity index (χ1n) is 6.26. The first kappa shape index (κ1) is 17.7. The highest BCUT2D eigenvalue weighted by atomic mass is 35.5. The smallest absolute Gasteiger partial charge is 0.321 e. The van der Waals surface area contributed by atoms with Gasteiger partial charge in [-0.25, -0.2) is 8.42 Å². The van der Waals surface area contributed by atoms with Crippen LogP contribution in [0.25, 0.3) is 0 Å². The van der Waals surface area contributed by atoms with Gasteiger partial charge in [-0.1, -0.05) is 25.4 Å². The summed E-state index contributed by atoms with van der Waals surface area (Å²) in [5.74, 6) is -0.892. The SMILES string of the molecule is COc1ccc(Cl)c(S(=O)(=O)N[C@H](CC(C)C)C(=O)O)c1. The second-order valence-corrected chi connectivity index (χ2v) is 7.03. The quantitative estimate of drug-likeness (QED) is 0.796. The number of rotatable bonds is 7. The number of sulfonamides is 1. The third kappa shape index (κ3) is 4.87. The number of carbonyl (C=O) groups is 1. The molecule has 1 rings (SSSR count). The molecule has 0 amide bonds. The number of carboxylic acid groups (broad SMARTS) is 1. The van der Waals surface area contributed by atoms with Gasteiger partial charge in [-0.3, -0.25) is 4.79 Å². The Hall–Kier alpha value is -1.31. The number of aliphatic carboxylic acids is 1. The Morgan fingerprint density at radius 2 is 2.05 bits per heavy atom. The molecule has 0 fully saturated rings. The average Bonchev–Trinajstić information content (AvgIpc) is 2.37. The highest BCUT2D eigenvalue weighted by Crippen LogP contribution is 2.26. The molecule has 0 aromatic heterocycles. The topological polar surface area (TPSA) is 92.7 Å². The van der Waals surface area contributed by atoms with Crippen LogP contribution >= 0.6 is 11.6 Å². The van der Waals surface area contributed by atoms with Gasteiger partial charge in [-0.05, 0) is 24.5 Å². The molecule has 2 N–H and O–H groups in total. The molecular weight excluding hydrogens is 318 g/mol. The molecule has 0 aliphatic heterocycles. The van der Waals surface area contributed by atoms with Crippen LogP contribution in [0, 0.1) is 5.92 Å². The summed E-state index contributed by atoms with van der Waals surface area (Å²) < 4.78 is 31.7. The molecule has 8 heteroatoms. The van der Waals surface area contributed by atoms with Crippen LogP contribution in [0.4, 0.5) is 0 Å². The Morgan fingerprint density at radius 3 is 2.52 bits per heavy atom. The molecule has 1 aromatic rings. The molecule has 0 spiro atoms. The lowest BCUT2D eigenvalue weighted by Gasteiger charge is -2.17. The molecule has 0 radical (unpaired) electrons. The minimum Gasteiger partial charge on any atom is -0.497 e. The Balaban J connectivity index is 3.12. The standard InChI is InChI=1S/C13H18ClNO5S/c1-8(2)6-11(13(16)17)15-21(18,19)12-7-9(20-3)4-5-10(12)14/h4-5,7-8,11,15H,6H2,1-3H3,(H,16,17)/t11-/m1/s1. The van der Waals surface area contributed by atoms with Crippen LogP contribution in [0.3, 0.4) is 0 Å². The zero-order valence-corrected chi connectivity index (χ0v) is 13.5. The number of ether oxygens (including phenoxy) is 1. The lowest BCUT2D eigenvalue weighted by Crippen LogP contribution is -2.41. The van der Waals surface area contributed by atoms with Crippen molar-refractivity contribution in [3.63, 3.8) is 0 Å². The average molecular weight is 336 g/mol. The van der Waals surface area contributed by atoms with Gasteiger partial charge in [0.25, 0.3) is 0 Å². The minimum atomic E-state index is -4.06. The first-order chi connectivity index (χ1) is 9.67. The van der Waals surface area contributed by atoms with Crippen molar-refractivity contribution in [2.45, 2.75) is 31.2 Å². The highest BCUT2D eigenvalue weighted by molar-refractivity contribution is 7.89. The van der Waals surface area contributed by atoms with Crippen LogP contribution in [0.1, 0.15) is 20.3 Å². The van der Waals surface area contributed by atoms with E-state index in [1.807, 2.05) is 13.8 Å². The van der Waals surface area contributed by atoms with E-state index in [0.717, 1.165) is 0 Å². The number of methoxy groups -OCH3 is 1. The third-order valence-corrected chi connectivity index (χ3v) is 4.68. The zero-order valence-electron chi connectivity index (χ0n) is 12.0. The van der Waals surface area contributed by atoms with E-state index in [1.165, 1.54) is 25.3 Å². The van der Waals surface area contributed by atoms with E-state index < -0.39 is 22.0 Å². The van der Waals surface area contributed by atoms with E-state index in [1.54, 1.807) is 0 Å². The first-order valence-corrected chi connectivity index (χ1v) is 8.12. The van der Waals surface area contributed by atoms with E-state index in [-0.39, 0.29) is 22.3 Å². The predicted octanol–water partition coefficient (Wildman–Crippen LogP) is 2.13. The van der Waals surface area contributed by atoms with Gasteiger partial charge in [0.1, 0.15) is 16.7 Å². The van der Waals surface area contributed by atoms with Crippen molar-refractivity contribution in [1.82, 2.24) is 4.72 Å². The molecule has 118 valence electrons. The fraction of sp³-hybridized carbons (Fsp3) is 0.462. The molecule has 21 heavy (non-hydrogen) atoms. The summed E-state index contributed by atoms with van der Waals surface area (Å²) in [5.41, 5.74) is 0. The Bertz CT molecular complexity index is 615. The van der Waals surface area contributed by atoms with Crippen LogP contribution in [0.15, 0.2) is 23.1 Å². The lowest BCUT2D eigenvalue weighted by atomic mass is 10.1. The molecular formula is C13H18ClNO5S. The van der Waals surface area contributed by atoms with Crippen molar-refractivity contribution < 1.29 is 23.1 Å². The summed E-state index contributed by atoms with van der Waals surface area (Å²) in [4.78, 5) is 11.0. The monoisotopic (exact) mass is 335 g/mol. The minimum absolute atomic E-state index is 0.00279.